The molecule has 1 heterocycles. The number of benzene rings is 1. The highest BCUT2D eigenvalue weighted by atomic mass is 16.4. The molecule has 5 heteroatoms. The van der Waals surface area contributed by atoms with Gasteiger partial charge in [0.15, 0.2) is 0 Å². The number of para-hydroxylation sites is 1. The van der Waals surface area contributed by atoms with Gasteiger partial charge < -0.3 is 15.3 Å². The van der Waals surface area contributed by atoms with E-state index in [1.165, 1.54) is 0 Å². The smallest absolute Gasteiger partial charge is 0.321 e. The second kappa shape index (κ2) is 6.41. The Morgan fingerprint density at radius 3 is 2.80 bits per heavy atom. The number of rotatable bonds is 4. The molecule has 20 heavy (non-hydrogen) atoms. The molecule has 1 saturated heterocycles. The molecule has 0 radical (unpaired) electrons. The van der Waals surface area contributed by atoms with Crippen molar-refractivity contribution < 1.29 is 14.7 Å². The molecule has 0 aromatic heterocycles. The first kappa shape index (κ1) is 14.4. The molecule has 1 fully saturated rings. The van der Waals surface area contributed by atoms with Gasteiger partial charge in [-0.3, -0.25) is 4.79 Å². The minimum absolute atomic E-state index is 0.211. The van der Waals surface area contributed by atoms with Crippen LogP contribution in [0.2, 0.25) is 0 Å². The van der Waals surface area contributed by atoms with Crippen molar-refractivity contribution in [3.8, 4) is 0 Å². The van der Waals surface area contributed by atoms with E-state index in [-0.39, 0.29) is 12.6 Å². The highest BCUT2D eigenvalue weighted by Gasteiger charge is 2.30. The molecule has 1 aromatic carbocycles. The Morgan fingerprint density at radius 2 is 2.15 bits per heavy atom. The van der Waals surface area contributed by atoms with Crippen molar-refractivity contribution >= 4 is 17.7 Å². The molecule has 1 atom stereocenters. The zero-order valence-electron chi connectivity index (χ0n) is 11.6. The Kier molecular flexibility index (Phi) is 4.61. The maximum absolute atomic E-state index is 12.2. The minimum Gasteiger partial charge on any atom is -0.481 e. The number of hydrogen-bond acceptors (Lipinski definition) is 2. The number of carbonyl (C=O) groups is 2. The van der Waals surface area contributed by atoms with Crippen molar-refractivity contribution in [2.75, 3.05) is 18.4 Å². The van der Waals surface area contributed by atoms with Crippen LogP contribution in [-0.4, -0.2) is 35.1 Å². The number of hydrogen-bond donors (Lipinski definition) is 2. The molecule has 2 N–H and O–H groups in total. The molecule has 0 saturated carbocycles. The topological polar surface area (TPSA) is 69.6 Å². The van der Waals surface area contributed by atoms with Crippen molar-refractivity contribution in [2.24, 2.45) is 5.92 Å². The zero-order chi connectivity index (χ0) is 14.5. The molecule has 1 aliphatic rings. The van der Waals surface area contributed by atoms with Gasteiger partial charge >= 0.3 is 12.0 Å². The Labute approximate surface area is 118 Å². The van der Waals surface area contributed by atoms with E-state index in [0.717, 1.165) is 24.1 Å². The number of likely N-dealkylation sites (tertiary alicyclic amines) is 1. The number of aliphatic carboxylic acids is 1. The van der Waals surface area contributed by atoms with Gasteiger partial charge in [-0.2, -0.15) is 0 Å². The van der Waals surface area contributed by atoms with Crippen LogP contribution in [-0.2, 0) is 11.2 Å². The Hall–Kier alpha value is -2.04. The van der Waals surface area contributed by atoms with Gasteiger partial charge in [0, 0.05) is 18.8 Å². The normalized spacial score (nSPS) is 18.1. The summed E-state index contributed by atoms with van der Waals surface area (Å²) in [6, 6.07) is 7.52. The van der Waals surface area contributed by atoms with E-state index < -0.39 is 11.9 Å². The summed E-state index contributed by atoms with van der Waals surface area (Å²) in [5.41, 5.74) is 1.93. The molecule has 1 aromatic rings. The Morgan fingerprint density at radius 1 is 1.40 bits per heavy atom. The number of urea groups is 1. The third-order valence-electron chi connectivity index (χ3n) is 3.60. The number of aryl methyl sites for hydroxylation is 1. The summed E-state index contributed by atoms with van der Waals surface area (Å²) < 4.78 is 0. The number of nitrogens with zero attached hydrogens (tertiary/aromatic N) is 1. The van der Waals surface area contributed by atoms with E-state index >= 15 is 0 Å². The van der Waals surface area contributed by atoms with E-state index in [9.17, 15) is 9.59 Å². The van der Waals surface area contributed by atoms with Gasteiger partial charge in [0.05, 0.1) is 5.92 Å². The lowest BCUT2D eigenvalue weighted by Crippen LogP contribution is -2.34. The van der Waals surface area contributed by atoms with E-state index in [4.69, 9.17) is 5.11 Å². The number of amides is 2. The fraction of sp³-hybridized carbons (Fsp3) is 0.467. The van der Waals surface area contributed by atoms with Gasteiger partial charge in [-0.1, -0.05) is 31.5 Å². The van der Waals surface area contributed by atoms with Crippen LogP contribution in [0, 0.1) is 5.92 Å². The Balaban J connectivity index is 2.00. The summed E-state index contributed by atoms with van der Waals surface area (Å²) in [7, 11) is 0. The lowest BCUT2D eigenvalue weighted by Gasteiger charge is -2.18. The van der Waals surface area contributed by atoms with Crippen molar-refractivity contribution in [3.05, 3.63) is 29.8 Å². The van der Waals surface area contributed by atoms with E-state index in [1.807, 2.05) is 24.3 Å². The molecule has 0 bridgehead atoms. The molecular formula is C15H20N2O3. The molecule has 108 valence electrons. The first-order valence-corrected chi connectivity index (χ1v) is 6.98. The summed E-state index contributed by atoms with van der Waals surface area (Å²) in [6.45, 7) is 2.88. The van der Waals surface area contributed by atoms with Crippen LogP contribution in [0.5, 0.6) is 0 Å². The third-order valence-corrected chi connectivity index (χ3v) is 3.60. The first-order valence-electron chi connectivity index (χ1n) is 6.98. The number of anilines is 1. The van der Waals surface area contributed by atoms with Crippen molar-refractivity contribution in [2.45, 2.75) is 26.2 Å². The summed E-state index contributed by atoms with van der Waals surface area (Å²) in [5, 5.41) is 11.8. The van der Waals surface area contributed by atoms with Gasteiger partial charge in [-0.15, -0.1) is 0 Å². The monoisotopic (exact) mass is 276 g/mol. The highest BCUT2D eigenvalue weighted by molar-refractivity contribution is 5.90. The number of carbonyl (C=O) groups excluding carboxylic acids is 1. The fourth-order valence-corrected chi connectivity index (χ4v) is 2.47. The average molecular weight is 276 g/mol. The van der Waals surface area contributed by atoms with Crippen LogP contribution in [0.15, 0.2) is 24.3 Å². The van der Waals surface area contributed by atoms with Crippen molar-refractivity contribution in [1.82, 2.24) is 4.90 Å². The van der Waals surface area contributed by atoms with Gasteiger partial charge in [-0.05, 0) is 24.5 Å². The summed E-state index contributed by atoms with van der Waals surface area (Å²) >= 11 is 0. The van der Waals surface area contributed by atoms with Gasteiger partial charge in [0.1, 0.15) is 0 Å². The molecule has 2 amide bonds. The average Bonchev–Trinajstić information content (AvgIpc) is 2.91. The second-order valence-electron chi connectivity index (χ2n) is 5.11. The fourth-order valence-electron chi connectivity index (χ4n) is 2.47. The number of carboxylic acids is 1. The lowest BCUT2D eigenvalue weighted by molar-refractivity contribution is -0.141. The molecular weight excluding hydrogens is 256 g/mol. The molecule has 0 aliphatic carbocycles. The van der Waals surface area contributed by atoms with Crippen LogP contribution in [0.3, 0.4) is 0 Å². The van der Waals surface area contributed by atoms with Gasteiger partial charge in [0.25, 0.3) is 0 Å². The maximum atomic E-state index is 12.2. The van der Waals surface area contributed by atoms with Gasteiger partial charge in [-0.25, -0.2) is 4.79 Å². The zero-order valence-corrected chi connectivity index (χ0v) is 11.6. The largest absolute Gasteiger partial charge is 0.481 e. The van der Waals surface area contributed by atoms with Gasteiger partial charge in [0.2, 0.25) is 0 Å². The Bertz CT molecular complexity index is 502. The van der Waals surface area contributed by atoms with Crippen molar-refractivity contribution in [1.29, 1.82) is 0 Å². The lowest BCUT2D eigenvalue weighted by atomic mass is 10.1. The summed E-state index contributed by atoms with van der Waals surface area (Å²) in [6.07, 6.45) is 2.45. The molecule has 2 rings (SSSR count). The summed E-state index contributed by atoms with van der Waals surface area (Å²) in [5.74, 6) is -1.27. The van der Waals surface area contributed by atoms with Crippen LogP contribution in [0.25, 0.3) is 0 Å². The molecule has 1 unspecified atom stereocenters. The van der Waals surface area contributed by atoms with E-state index in [2.05, 4.69) is 12.2 Å². The van der Waals surface area contributed by atoms with E-state index in [1.54, 1.807) is 4.90 Å². The second-order valence-corrected chi connectivity index (χ2v) is 5.11. The van der Waals surface area contributed by atoms with Crippen LogP contribution >= 0.6 is 0 Å². The minimum atomic E-state index is -0.827. The molecule has 5 nitrogen and oxygen atoms in total. The highest BCUT2D eigenvalue weighted by Crippen LogP contribution is 2.20. The first-order chi connectivity index (χ1) is 9.61. The number of nitrogens with one attached hydrogen (secondary N) is 1. The summed E-state index contributed by atoms with van der Waals surface area (Å²) in [4.78, 5) is 24.6. The third kappa shape index (κ3) is 3.29. The predicted molar refractivity (Wildman–Crippen MR) is 76.8 cm³/mol. The van der Waals surface area contributed by atoms with Crippen LogP contribution in [0.4, 0.5) is 10.5 Å². The standard InChI is InChI=1S/C15H20N2O3/c1-2-5-11-6-3-4-7-13(11)16-15(20)17-9-8-12(10-17)14(18)19/h3-4,6-7,12H,2,5,8-10H2,1H3,(H,16,20)(H,18,19). The quantitative estimate of drug-likeness (QED) is 0.888. The van der Waals surface area contributed by atoms with Crippen molar-refractivity contribution in [3.63, 3.8) is 0 Å². The molecule has 0 spiro atoms. The van der Waals surface area contributed by atoms with Crippen LogP contribution in [0.1, 0.15) is 25.3 Å². The maximum Gasteiger partial charge on any atom is 0.321 e. The van der Waals surface area contributed by atoms with Crippen LogP contribution < -0.4 is 5.32 Å². The SMILES string of the molecule is CCCc1ccccc1NC(=O)N1CCC(C(=O)O)C1. The predicted octanol–water partition coefficient (Wildman–Crippen LogP) is 2.58. The van der Waals surface area contributed by atoms with E-state index in [0.29, 0.717) is 13.0 Å². The molecule has 1 aliphatic heterocycles. The number of carboxylic acid groups (broad SMARTS) is 1.